The first-order valence-electron chi connectivity index (χ1n) is 4.56. The second kappa shape index (κ2) is 5.18. The van der Waals surface area contributed by atoms with Crippen LogP contribution in [0.4, 0.5) is 0 Å². The molecule has 0 amide bonds. The lowest BCUT2D eigenvalue weighted by molar-refractivity contribution is 0.418. The van der Waals surface area contributed by atoms with E-state index in [0.717, 1.165) is 5.92 Å². The van der Waals surface area contributed by atoms with Crippen molar-refractivity contribution in [3.8, 4) is 0 Å². The minimum atomic E-state index is 0.915. The fourth-order valence-corrected chi connectivity index (χ4v) is 2.00. The molecular weight excluding hydrogens is 247 g/mol. The van der Waals surface area contributed by atoms with E-state index in [1.54, 1.807) is 5.57 Å². The molecule has 0 radical (unpaired) electrons. The average molecular weight is 264 g/mol. The Morgan fingerprint density at radius 2 is 2.00 bits per heavy atom. The van der Waals surface area contributed by atoms with E-state index in [1.165, 1.54) is 36.5 Å². The van der Waals surface area contributed by atoms with Gasteiger partial charge in [-0.05, 0) is 25.7 Å². The summed E-state index contributed by atoms with van der Waals surface area (Å²) < 4.78 is 1.20. The summed E-state index contributed by atoms with van der Waals surface area (Å²) in [7, 11) is 0. The highest BCUT2D eigenvalue weighted by atomic mass is 127. The van der Waals surface area contributed by atoms with Crippen LogP contribution in [0.25, 0.3) is 0 Å². The van der Waals surface area contributed by atoms with E-state index in [0.29, 0.717) is 0 Å². The fourth-order valence-electron chi connectivity index (χ4n) is 1.75. The van der Waals surface area contributed by atoms with Gasteiger partial charge in [0.25, 0.3) is 0 Å². The van der Waals surface area contributed by atoms with Crippen LogP contribution in [0.15, 0.2) is 11.6 Å². The predicted octanol–water partition coefficient (Wildman–Crippen LogP) is 3.95. The van der Waals surface area contributed by atoms with Crippen LogP contribution in [0.1, 0.15) is 39.0 Å². The number of hydrogen-bond donors (Lipinski definition) is 0. The Bertz CT molecular complexity index is 132. The van der Waals surface area contributed by atoms with Gasteiger partial charge in [-0.3, -0.25) is 0 Å². The summed E-state index contributed by atoms with van der Waals surface area (Å²) in [4.78, 5) is 0. The summed E-state index contributed by atoms with van der Waals surface area (Å²) in [6, 6.07) is 0. The topological polar surface area (TPSA) is 0 Å². The second-order valence-electron chi connectivity index (χ2n) is 3.54. The largest absolute Gasteiger partial charge is 0.0817 e. The molecule has 0 spiro atoms. The summed E-state index contributed by atoms with van der Waals surface area (Å²) >= 11 is 2.44. The SMILES string of the molecule is CC(=CC1CCCCC1)CI. The summed E-state index contributed by atoms with van der Waals surface area (Å²) in [5, 5.41) is 0. The standard InChI is InChI=1S/C10H17I/c1-9(8-11)7-10-5-3-2-4-6-10/h7,10H,2-6,8H2,1H3. The van der Waals surface area contributed by atoms with Crippen LogP contribution in [0.2, 0.25) is 0 Å². The van der Waals surface area contributed by atoms with Gasteiger partial charge in [-0.25, -0.2) is 0 Å². The normalized spacial score (nSPS) is 22.2. The maximum atomic E-state index is 2.49. The van der Waals surface area contributed by atoms with Gasteiger partial charge in [-0.1, -0.05) is 53.5 Å². The van der Waals surface area contributed by atoms with E-state index >= 15 is 0 Å². The molecule has 1 fully saturated rings. The lowest BCUT2D eigenvalue weighted by atomic mass is 9.88. The monoisotopic (exact) mass is 264 g/mol. The zero-order valence-electron chi connectivity index (χ0n) is 7.28. The van der Waals surface area contributed by atoms with Crippen molar-refractivity contribution in [2.75, 3.05) is 4.43 Å². The summed E-state index contributed by atoms with van der Waals surface area (Å²) in [6.45, 7) is 2.25. The highest BCUT2D eigenvalue weighted by Crippen LogP contribution is 2.25. The number of hydrogen-bond acceptors (Lipinski definition) is 0. The molecule has 0 atom stereocenters. The maximum Gasteiger partial charge on any atom is 0.0203 e. The van der Waals surface area contributed by atoms with Crippen LogP contribution < -0.4 is 0 Å². The van der Waals surface area contributed by atoms with Gasteiger partial charge >= 0.3 is 0 Å². The molecule has 1 saturated carbocycles. The van der Waals surface area contributed by atoms with Crippen LogP contribution >= 0.6 is 22.6 Å². The van der Waals surface area contributed by atoms with Crippen molar-refractivity contribution in [1.29, 1.82) is 0 Å². The summed E-state index contributed by atoms with van der Waals surface area (Å²) in [5.41, 5.74) is 1.57. The van der Waals surface area contributed by atoms with Crippen LogP contribution in [0.5, 0.6) is 0 Å². The Labute approximate surface area is 83.6 Å². The minimum Gasteiger partial charge on any atom is -0.0817 e. The highest BCUT2D eigenvalue weighted by molar-refractivity contribution is 14.1. The smallest absolute Gasteiger partial charge is 0.0203 e. The van der Waals surface area contributed by atoms with Crippen molar-refractivity contribution in [2.24, 2.45) is 5.92 Å². The van der Waals surface area contributed by atoms with Gasteiger partial charge in [0.1, 0.15) is 0 Å². The van der Waals surface area contributed by atoms with Crippen molar-refractivity contribution in [1.82, 2.24) is 0 Å². The Hall–Kier alpha value is 0.470. The van der Waals surface area contributed by atoms with Gasteiger partial charge in [0, 0.05) is 4.43 Å². The Morgan fingerprint density at radius 3 is 2.55 bits per heavy atom. The minimum absolute atomic E-state index is 0.915. The zero-order chi connectivity index (χ0) is 8.10. The molecule has 1 heteroatoms. The summed E-state index contributed by atoms with van der Waals surface area (Å²) in [6.07, 6.45) is 9.74. The first-order chi connectivity index (χ1) is 5.33. The van der Waals surface area contributed by atoms with Crippen molar-refractivity contribution in [3.05, 3.63) is 11.6 Å². The molecule has 64 valence electrons. The molecule has 1 aliphatic rings. The van der Waals surface area contributed by atoms with E-state index in [4.69, 9.17) is 0 Å². The number of halogens is 1. The molecule has 1 aliphatic carbocycles. The maximum absolute atomic E-state index is 2.49. The fraction of sp³-hybridized carbons (Fsp3) is 0.800. The van der Waals surface area contributed by atoms with Crippen molar-refractivity contribution < 1.29 is 0 Å². The molecule has 0 N–H and O–H groups in total. The molecule has 0 aromatic carbocycles. The highest BCUT2D eigenvalue weighted by Gasteiger charge is 2.10. The van der Waals surface area contributed by atoms with Crippen molar-refractivity contribution in [3.63, 3.8) is 0 Å². The molecule has 0 aromatic rings. The van der Waals surface area contributed by atoms with Crippen LogP contribution in [-0.2, 0) is 0 Å². The van der Waals surface area contributed by atoms with Gasteiger partial charge in [0.2, 0.25) is 0 Å². The van der Waals surface area contributed by atoms with Crippen molar-refractivity contribution >= 4 is 22.6 Å². The third-order valence-electron chi connectivity index (χ3n) is 2.38. The molecule has 0 aromatic heterocycles. The van der Waals surface area contributed by atoms with Gasteiger partial charge in [0.15, 0.2) is 0 Å². The van der Waals surface area contributed by atoms with E-state index in [2.05, 4.69) is 35.6 Å². The third kappa shape index (κ3) is 3.59. The van der Waals surface area contributed by atoms with Gasteiger partial charge in [-0.15, -0.1) is 0 Å². The van der Waals surface area contributed by atoms with Crippen LogP contribution in [-0.4, -0.2) is 4.43 Å². The molecule has 1 rings (SSSR count). The number of alkyl halides is 1. The van der Waals surface area contributed by atoms with Gasteiger partial charge in [0.05, 0.1) is 0 Å². The predicted molar refractivity (Wildman–Crippen MR) is 59.2 cm³/mol. The van der Waals surface area contributed by atoms with Gasteiger partial charge in [-0.2, -0.15) is 0 Å². The van der Waals surface area contributed by atoms with E-state index in [9.17, 15) is 0 Å². The van der Waals surface area contributed by atoms with E-state index in [-0.39, 0.29) is 0 Å². The van der Waals surface area contributed by atoms with Gasteiger partial charge < -0.3 is 0 Å². The molecule has 0 nitrogen and oxygen atoms in total. The molecule has 0 heterocycles. The van der Waals surface area contributed by atoms with Crippen LogP contribution in [0.3, 0.4) is 0 Å². The summed E-state index contributed by atoms with van der Waals surface area (Å²) in [5.74, 6) is 0.915. The first-order valence-corrected chi connectivity index (χ1v) is 6.08. The Balaban J connectivity index is 2.34. The van der Waals surface area contributed by atoms with Crippen LogP contribution in [0, 0.1) is 5.92 Å². The quantitative estimate of drug-likeness (QED) is 0.402. The van der Waals surface area contributed by atoms with Crippen molar-refractivity contribution in [2.45, 2.75) is 39.0 Å². The number of allylic oxidation sites excluding steroid dienone is 2. The molecule has 11 heavy (non-hydrogen) atoms. The molecule has 0 bridgehead atoms. The van der Waals surface area contributed by atoms with E-state index < -0.39 is 0 Å². The van der Waals surface area contributed by atoms with E-state index in [1.807, 2.05) is 0 Å². The molecule has 0 unspecified atom stereocenters. The lowest BCUT2D eigenvalue weighted by Gasteiger charge is -2.18. The molecule has 0 aliphatic heterocycles. The zero-order valence-corrected chi connectivity index (χ0v) is 9.43. The Kier molecular flexibility index (Phi) is 4.50. The lowest BCUT2D eigenvalue weighted by Crippen LogP contribution is -2.03. The Morgan fingerprint density at radius 1 is 1.36 bits per heavy atom. The number of rotatable bonds is 2. The third-order valence-corrected chi connectivity index (χ3v) is 3.58. The molecule has 0 saturated heterocycles. The molecular formula is C10H17I. The first kappa shape index (κ1) is 9.56. The average Bonchev–Trinajstić information content (AvgIpc) is 2.06. The second-order valence-corrected chi connectivity index (χ2v) is 4.31.